The van der Waals surface area contributed by atoms with Gasteiger partial charge in [-0.05, 0) is 66.1 Å². The van der Waals surface area contributed by atoms with E-state index in [0.717, 1.165) is 29.1 Å². The van der Waals surface area contributed by atoms with Crippen LogP contribution in [-0.4, -0.2) is 9.79 Å². The summed E-state index contributed by atoms with van der Waals surface area (Å²) in [6.07, 6.45) is 26.0. The number of aryl methyl sites for hydroxylation is 2. The van der Waals surface area contributed by atoms with Crippen molar-refractivity contribution >= 4 is 28.9 Å². The fourth-order valence-electron chi connectivity index (χ4n) is 4.44. The number of unbranched alkanes of at least 4 members (excludes halogenated alkanes) is 16. The Hall–Kier alpha value is 0.140. The van der Waals surface area contributed by atoms with Gasteiger partial charge in [-0.15, -0.1) is 0 Å². The van der Waals surface area contributed by atoms with Gasteiger partial charge in [-0.1, -0.05) is 129 Å². The average Bonchev–Trinajstić information content (AvgIpc) is 2.77. The average molecular weight is 515 g/mol. The van der Waals surface area contributed by atoms with E-state index in [1.54, 1.807) is 0 Å². The Morgan fingerprint density at radius 3 is 1.52 bits per heavy atom. The van der Waals surface area contributed by atoms with Gasteiger partial charge in [-0.25, -0.2) is 0 Å². The molecule has 0 aliphatic rings. The first-order valence-corrected chi connectivity index (χ1v) is 18.0. The molecule has 0 saturated heterocycles. The molecule has 2 nitrogen and oxygen atoms in total. The summed E-state index contributed by atoms with van der Waals surface area (Å²) in [5.74, 6) is 0. The normalized spacial score (nSPS) is 11.9. The number of hydrogen-bond acceptors (Lipinski definition) is 2. The zero-order valence-corrected chi connectivity index (χ0v) is 24.1. The molecule has 0 amide bonds. The van der Waals surface area contributed by atoms with Crippen molar-refractivity contribution in [2.75, 3.05) is 0 Å². The summed E-state index contributed by atoms with van der Waals surface area (Å²) in [6, 6.07) is 6.63. The minimum atomic E-state index is -3.30. The summed E-state index contributed by atoms with van der Waals surface area (Å²) in [7, 11) is 0. The van der Waals surface area contributed by atoms with Crippen LogP contribution in [0.3, 0.4) is 0 Å². The molecular weight excluding hydrogens is 463 g/mol. The van der Waals surface area contributed by atoms with Gasteiger partial charge < -0.3 is 9.79 Å². The van der Waals surface area contributed by atoms with Crippen LogP contribution in [0.5, 0.6) is 0 Å². The van der Waals surface area contributed by atoms with E-state index in [1.807, 2.05) is 0 Å². The van der Waals surface area contributed by atoms with Crippen LogP contribution < -0.4 is 0 Å². The highest BCUT2D eigenvalue weighted by Crippen LogP contribution is 2.55. The zero-order chi connectivity index (χ0) is 24.2. The van der Waals surface area contributed by atoms with Gasteiger partial charge in [-0.2, -0.15) is 0 Å². The topological polar surface area (TPSA) is 40.5 Å². The number of benzene rings is 1. The van der Waals surface area contributed by atoms with Crippen LogP contribution in [0.4, 0.5) is 0 Å². The summed E-state index contributed by atoms with van der Waals surface area (Å²) < 4.78 is 0. The first-order chi connectivity index (χ1) is 16.0. The highest BCUT2D eigenvalue weighted by Gasteiger charge is 2.14. The van der Waals surface area contributed by atoms with Gasteiger partial charge in [-0.3, -0.25) is 0 Å². The summed E-state index contributed by atoms with van der Waals surface area (Å²) in [5, 5.41) is 0. The van der Waals surface area contributed by atoms with Crippen LogP contribution in [0, 0.1) is 0 Å². The third kappa shape index (κ3) is 18.1. The Labute approximate surface area is 214 Å². The van der Waals surface area contributed by atoms with Crippen LogP contribution in [0.1, 0.15) is 141 Å². The maximum Gasteiger partial charge on any atom is 0.246 e. The molecule has 0 saturated carbocycles. The third-order valence-electron chi connectivity index (χ3n) is 6.47. The Balaban J connectivity index is 2.36. The van der Waals surface area contributed by atoms with Crippen molar-refractivity contribution in [3.05, 3.63) is 29.3 Å². The molecule has 5 heteroatoms. The van der Waals surface area contributed by atoms with Gasteiger partial charge >= 0.3 is 0 Å². The zero-order valence-electron chi connectivity index (χ0n) is 21.5. The van der Waals surface area contributed by atoms with Gasteiger partial charge in [0.2, 0.25) is 5.69 Å². The Morgan fingerprint density at radius 1 is 0.636 bits per heavy atom. The van der Waals surface area contributed by atoms with Crippen LogP contribution in [0.2, 0.25) is 0 Å². The predicted molar refractivity (Wildman–Crippen MR) is 153 cm³/mol. The van der Waals surface area contributed by atoms with Crippen molar-refractivity contribution in [1.82, 2.24) is 0 Å². The molecule has 0 radical (unpaired) electrons. The van der Waals surface area contributed by atoms with Crippen molar-refractivity contribution < 1.29 is 9.79 Å². The molecule has 1 rings (SSSR count). The molecule has 33 heavy (non-hydrogen) atoms. The highest BCUT2D eigenvalue weighted by molar-refractivity contribution is 8.67. The molecule has 1 aromatic rings. The molecule has 0 unspecified atom stereocenters. The van der Waals surface area contributed by atoms with E-state index in [1.165, 1.54) is 127 Å². The lowest BCUT2D eigenvalue weighted by atomic mass is 10.0. The van der Waals surface area contributed by atoms with Crippen LogP contribution in [0.25, 0.3) is 0 Å². The standard InChI is InChI=1S/C28H51O2PS2/c1-3-5-7-9-11-13-15-17-19-21-26-23-24-27(28(25-26)33-31(29,30)32)22-20-18-16-14-12-10-8-6-4-2/h23-25H,3-22H2,1-2H3,(H2,29,30,32). The van der Waals surface area contributed by atoms with E-state index in [-0.39, 0.29) is 0 Å². The molecule has 0 heterocycles. The minimum absolute atomic E-state index is 0.997. The predicted octanol–water partition coefficient (Wildman–Crippen LogP) is 10.1. The molecule has 1 aromatic carbocycles. The molecule has 0 aromatic heterocycles. The second-order valence-corrected chi connectivity index (χ2v) is 15.6. The second kappa shape index (κ2) is 20.3. The molecule has 0 aliphatic carbocycles. The second-order valence-electron chi connectivity index (χ2n) is 9.68. The third-order valence-corrected chi connectivity index (χ3v) is 9.26. The van der Waals surface area contributed by atoms with Gasteiger partial charge in [0, 0.05) is 4.90 Å². The number of rotatable bonds is 22. The smallest absolute Gasteiger partial charge is 0.246 e. The van der Waals surface area contributed by atoms with Gasteiger partial charge in [0.25, 0.3) is 0 Å². The SMILES string of the molecule is CCCCCCCCCCCc1ccc(CCCCCCCCCCC)c(SP(O)(O)=S)c1. The van der Waals surface area contributed by atoms with E-state index >= 15 is 0 Å². The summed E-state index contributed by atoms with van der Waals surface area (Å²) in [4.78, 5) is 20.8. The Bertz CT molecular complexity index is 645. The van der Waals surface area contributed by atoms with Gasteiger partial charge in [0.05, 0.1) is 0 Å². The Kier molecular flexibility index (Phi) is 19.2. The van der Waals surface area contributed by atoms with Crippen molar-refractivity contribution in [3.63, 3.8) is 0 Å². The lowest BCUT2D eigenvalue weighted by Crippen LogP contribution is -1.94. The Morgan fingerprint density at radius 2 is 1.06 bits per heavy atom. The maximum absolute atomic E-state index is 9.91. The van der Waals surface area contributed by atoms with Crippen LogP contribution >= 0.6 is 17.1 Å². The molecule has 0 bridgehead atoms. The van der Waals surface area contributed by atoms with Crippen molar-refractivity contribution in [1.29, 1.82) is 0 Å². The lowest BCUT2D eigenvalue weighted by Gasteiger charge is -2.14. The van der Waals surface area contributed by atoms with Crippen molar-refractivity contribution in [3.8, 4) is 0 Å². The number of hydrogen-bond donors (Lipinski definition) is 2. The largest absolute Gasteiger partial charge is 0.337 e. The molecule has 0 aliphatic heterocycles. The van der Waals surface area contributed by atoms with Gasteiger partial charge in [0.1, 0.15) is 0 Å². The monoisotopic (exact) mass is 514 g/mol. The van der Waals surface area contributed by atoms with E-state index in [9.17, 15) is 9.79 Å². The van der Waals surface area contributed by atoms with Crippen molar-refractivity contribution in [2.24, 2.45) is 0 Å². The molecule has 0 fully saturated rings. The summed E-state index contributed by atoms with van der Waals surface area (Å²) >= 11 is 6.06. The maximum atomic E-state index is 9.91. The van der Waals surface area contributed by atoms with Crippen molar-refractivity contribution in [2.45, 2.75) is 147 Å². The highest BCUT2D eigenvalue weighted by atomic mass is 32.9. The quantitative estimate of drug-likeness (QED) is 0.119. The fraction of sp³-hybridized carbons (Fsp3) is 0.786. The molecule has 0 atom stereocenters. The molecule has 192 valence electrons. The van der Waals surface area contributed by atoms with E-state index in [2.05, 4.69) is 32.0 Å². The fourth-order valence-corrected chi connectivity index (χ4v) is 7.19. The molecular formula is C28H51O2PS2. The van der Waals surface area contributed by atoms with E-state index < -0.39 is 5.69 Å². The first-order valence-electron chi connectivity index (χ1n) is 13.8. The molecule has 2 N–H and O–H groups in total. The summed E-state index contributed by atoms with van der Waals surface area (Å²) in [6.45, 7) is 4.53. The summed E-state index contributed by atoms with van der Waals surface area (Å²) in [5.41, 5.74) is -0.763. The van der Waals surface area contributed by atoms with Gasteiger partial charge in [0.15, 0.2) is 0 Å². The molecule has 0 spiro atoms. The van der Waals surface area contributed by atoms with E-state index in [0.29, 0.717) is 0 Å². The van der Waals surface area contributed by atoms with Crippen LogP contribution in [-0.2, 0) is 24.6 Å². The van der Waals surface area contributed by atoms with Crippen LogP contribution in [0.15, 0.2) is 23.1 Å². The first kappa shape index (κ1) is 31.2. The lowest BCUT2D eigenvalue weighted by molar-refractivity contribution is 0.502. The van der Waals surface area contributed by atoms with E-state index in [4.69, 9.17) is 11.8 Å². The minimum Gasteiger partial charge on any atom is -0.337 e.